The van der Waals surface area contributed by atoms with Gasteiger partial charge in [0.2, 0.25) is 0 Å². The number of aromatic nitrogens is 3. The molecule has 0 aliphatic rings. The van der Waals surface area contributed by atoms with Crippen molar-refractivity contribution in [1.29, 1.82) is 0 Å². The molecule has 2 aromatic heterocycles. The van der Waals surface area contributed by atoms with Crippen LogP contribution < -0.4 is 10.6 Å². The molecule has 6 nitrogen and oxygen atoms in total. The van der Waals surface area contributed by atoms with Crippen LogP contribution in [0.4, 0.5) is 0 Å². The summed E-state index contributed by atoms with van der Waals surface area (Å²) in [7, 11) is 0. The number of fused-ring (bicyclic) bond motifs is 1. The first-order chi connectivity index (χ1) is 12.8. The molecular formula is C20H29IN6. The number of aliphatic imine (C=N–C) groups is 1. The number of para-hydroxylation sites is 1. The van der Waals surface area contributed by atoms with Gasteiger partial charge in [-0.3, -0.25) is 10.1 Å². The van der Waals surface area contributed by atoms with Gasteiger partial charge >= 0.3 is 0 Å². The highest BCUT2D eigenvalue weighted by molar-refractivity contribution is 14.0. The van der Waals surface area contributed by atoms with E-state index in [1.807, 2.05) is 6.20 Å². The maximum absolute atomic E-state index is 4.68. The van der Waals surface area contributed by atoms with Gasteiger partial charge in [-0.15, -0.1) is 24.0 Å². The van der Waals surface area contributed by atoms with Crippen LogP contribution in [0.2, 0.25) is 0 Å². The summed E-state index contributed by atoms with van der Waals surface area (Å²) in [6, 6.07) is 8.42. The van der Waals surface area contributed by atoms with Crippen molar-refractivity contribution in [2.45, 2.75) is 33.1 Å². The topological polar surface area (TPSA) is 80.9 Å². The Kier molecular flexibility index (Phi) is 8.63. The van der Waals surface area contributed by atoms with Gasteiger partial charge in [-0.25, -0.2) is 0 Å². The van der Waals surface area contributed by atoms with Crippen molar-refractivity contribution in [3.05, 3.63) is 53.5 Å². The summed E-state index contributed by atoms with van der Waals surface area (Å²) in [5, 5.41) is 15.1. The summed E-state index contributed by atoms with van der Waals surface area (Å²) in [5.41, 5.74) is 4.95. The molecule has 0 unspecified atom stereocenters. The molecule has 1 aromatic carbocycles. The molecule has 0 aliphatic heterocycles. The Bertz CT molecular complexity index is 851. The van der Waals surface area contributed by atoms with Gasteiger partial charge in [-0.1, -0.05) is 18.2 Å². The second kappa shape index (κ2) is 11.0. The molecule has 0 saturated carbocycles. The molecule has 0 aliphatic carbocycles. The van der Waals surface area contributed by atoms with E-state index < -0.39 is 0 Å². The largest absolute Gasteiger partial charge is 0.361 e. The van der Waals surface area contributed by atoms with E-state index in [0.29, 0.717) is 0 Å². The van der Waals surface area contributed by atoms with Crippen molar-refractivity contribution in [2.75, 3.05) is 19.6 Å². The second-order valence-electron chi connectivity index (χ2n) is 6.42. The van der Waals surface area contributed by atoms with Crippen LogP contribution in [0.15, 0.2) is 41.7 Å². The second-order valence-corrected chi connectivity index (χ2v) is 6.42. The van der Waals surface area contributed by atoms with Gasteiger partial charge in [0.15, 0.2) is 5.96 Å². The molecule has 0 atom stereocenters. The van der Waals surface area contributed by atoms with Crippen LogP contribution in [0, 0.1) is 6.92 Å². The van der Waals surface area contributed by atoms with E-state index in [0.717, 1.165) is 50.6 Å². The van der Waals surface area contributed by atoms with Crippen molar-refractivity contribution in [3.63, 3.8) is 0 Å². The number of hydrogen-bond donors (Lipinski definition) is 4. The number of nitrogens with zero attached hydrogens (tertiary/aromatic N) is 2. The molecule has 3 aromatic rings. The molecule has 2 heterocycles. The van der Waals surface area contributed by atoms with Crippen molar-refractivity contribution < 1.29 is 0 Å². The third kappa shape index (κ3) is 5.98. The Hall–Kier alpha value is -2.03. The monoisotopic (exact) mass is 480 g/mol. The molecule has 27 heavy (non-hydrogen) atoms. The van der Waals surface area contributed by atoms with Gasteiger partial charge in [-0.2, -0.15) is 5.10 Å². The van der Waals surface area contributed by atoms with E-state index in [4.69, 9.17) is 0 Å². The van der Waals surface area contributed by atoms with Crippen LogP contribution in [-0.2, 0) is 12.8 Å². The zero-order valence-corrected chi connectivity index (χ0v) is 18.3. The number of guanidine groups is 1. The van der Waals surface area contributed by atoms with Crippen LogP contribution in [0.1, 0.15) is 30.2 Å². The van der Waals surface area contributed by atoms with Crippen LogP contribution in [0.25, 0.3) is 10.9 Å². The minimum atomic E-state index is 0. The van der Waals surface area contributed by atoms with Crippen LogP contribution in [0.5, 0.6) is 0 Å². The van der Waals surface area contributed by atoms with Crippen LogP contribution >= 0.6 is 24.0 Å². The molecule has 0 fully saturated rings. The molecule has 0 spiro atoms. The van der Waals surface area contributed by atoms with E-state index in [-0.39, 0.29) is 24.0 Å². The summed E-state index contributed by atoms with van der Waals surface area (Å²) >= 11 is 0. The summed E-state index contributed by atoms with van der Waals surface area (Å²) in [6.45, 7) is 6.66. The molecule has 4 N–H and O–H groups in total. The average molecular weight is 480 g/mol. The molecule has 146 valence electrons. The maximum Gasteiger partial charge on any atom is 0.191 e. The highest BCUT2D eigenvalue weighted by Gasteiger charge is 2.04. The van der Waals surface area contributed by atoms with Crippen molar-refractivity contribution in [3.8, 4) is 0 Å². The first-order valence-corrected chi connectivity index (χ1v) is 9.34. The Balaban J connectivity index is 0.00000261. The number of nitrogens with one attached hydrogen (secondary N) is 4. The smallest absolute Gasteiger partial charge is 0.191 e. The first-order valence-electron chi connectivity index (χ1n) is 9.34. The predicted octanol–water partition coefficient (Wildman–Crippen LogP) is 3.55. The third-order valence-corrected chi connectivity index (χ3v) is 4.51. The number of rotatable bonds is 8. The number of aryl methyl sites for hydroxylation is 2. The predicted molar refractivity (Wildman–Crippen MR) is 123 cm³/mol. The first kappa shape index (κ1) is 21.3. The SMILES string of the molecule is CCNC(=NCCCc1cn[nH]c1C)NCCc1c[nH]c2ccccc12.I. The molecule has 0 radical (unpaired) electrons. The van der Waals surface area contributed by atoms with Gasteiger partial charge in [0.25, 0.3) is 0 Å². The van der Waals surface area contributed by atoms with Crippen LogP contribution in [0.3, 0.4) is 0 Å². The van der Waals surface area contributed by atoms with Gasteiger partial charge in [-0.05, 0) is 50.3 Å². The van der Waals surface area contributed by atoms with Gasteiger partial charge in [0.1, 0.15) is 0 Å². The minimum Gasteiger partial charge on any atom is -0.361 e. The van der Waals surface area contributed by atoms with E-state index in [1.165, 1.54) is 22.0 Å². The van der Waals surface area contributed by atoms with Gasteiger partial charge in [0, 0.05) is 42.4 Å². The van der Waals surface area contributed by atoms with E-state index >= 15 is 0 Å². The normalized spacial score (nSPS) is 11.4. The molecule has 0 saturated heterocycles. The van der Waals surface area contributed by atoms with E-state index in [1.54, 1.807) is 0 Å². The fourth-order valence-corrected chi connectivity index (χ4v) is 3.08. The number of H-pyrrole nitrogens is 2. The third-order valence-electron chi connectivity index (χ3n) is 4.51. The van der Waals surface area contributed by atoms with Crippen molar-refractivity contribution in [1.82, 2.24) is 25.8 Å². The molecule has 3 rings (SSSR count). The Morgan fingerprint density at radius 1 is 1.15 bits per heavy atom. The molecule has 0 amide bonds. The fourth-order valence-electron chi connectivity index (χ4n) is 3.08. The summed E-state index contributed by atoms with van der Waals surface area (Å²) < 4.78 is 0. The standard InChI is InChI=1S/C20H28N6.HI/c1-3-21-20(22-11-6-7-16-14-25-26-15(16)2)23-12-10-17-13-24-19-9-5-4-8-18(17)19;/h4-5,8-9,13-14,24H,3,6-7,10-12H2,1-2H3,(H,25,26)(H2,21,22,23);1H. The lowest BCUT2D eigenvalue weighted by Gasteiger charge is -2.11. The summed E-state index contributed by atoms with van der Waals surface area (Å²) in [4.78, 5) is 8.01. The number of benzene rings is 1. The molecule has 0 bridgehead atoms. The quantitative estimate of drug-likeness (QED) is 0.172. The lowest BCUT2D eigenvalue weighted by atomic mass is 10.1. The maximum atomic E-state index is 4.68. The zero-order chi connectivity index (χ0) is 18.2. The lowest BCUT2D eigenvalue weighted by molar-refractivity contribution is 0.777. The number of hydrogen-bond acceptors (Lipinski definition) is 2. The summed E-state index contributed by atoms with van der Waals surface area (Å²) in [6.07, 6.45) is 6.98. The van der Waals surface area contributed by atoms with Crippen molar-refractivity contribution >= 4 is 40.8 Å². The van der Waals surface area contributed by atoms with Gasteiger partial charge < -0.3 is 15.6 Å². The van der Waals surface area contributed by atoms with Crippen molar-refractivity contribution in [2.24, 2.45) is 4.99 Å². The van der Waals surface area contributed by atoms with Gasteiger partial charge in [0.05, 0.1) is 6.20 Å². The Morgan fingerprint density at radius 2 is 2.00 bits per heavy atom. The zero-order valence-electron chi connectivity index (χ0n) is 16.0. The molecular weight excluding hydrogens is 451 g/mol. The highest BCUT2D eigenvalue weighted by Crippen LogP contribution is 2.17. The van der Waals surface area contributed by atoms with E-state index in [2.05, 4.69) is 75.1 Å². The minimum absolute atomic E-state index is 0. The molecule has 7 heteroatoms. The fraction of sp³-hybridized carbons (Fsp3) is 0.400. The summed E-state index contributed by atoms with van der Waals surface area (Å²) in [5.74, 6) is 0.885. The Labute approximate surface area is 177 Å². The number of halogens is 1. The highest BCUT2D eigenvalue weighted by atomic mass is 127. The van der Waals surface area contributed by atoms with Crippen LogP contribution in [-0.4, -0.2) is 40.8 Å². The lowest BCUT2D eigenvalue weighted by Crippen LogP contribution is -2.38. The number of aromatic amines is 2. The van der Waals surface area contributed by atoms with E-state index in [9.17, 15) is 0 Å². The average Bonchev–Trinajstić information content (AvgIpc) is 3.25. The Morgan fingerprint density at radius 3 is 2.78 bits per heavy atom.